The van der Waals surface area contributed by atoms with Crippen LogP contribution >= 0.6 is 0 Å². The van der Waals surface area contributed by atoms with E-state index in [1.807, 2.05) is 4.90 Å². The van der Waals surface area contributed by atoms with Crippen LogP contribution in [-0.2, 0) is 9.59 Å². The zero-order valence-corrected chi connectivity index (χ0v) is 9.56. The lowest BCUT2D eigenvalue weighted by Crippen LogP contribution is -2.54. The smallest absolute Gasteiger partial charge is 0.321 e. The first-order valence-electron chi connectivity index (χ1n) is 5.82. The highest BCUT2D eigenvalue weighted by atomic mass is 16.4. The van der Waals surface area contributed by atoms with Gasteiger partial charge in [-0.2, -0.15) is 0 Å². The quantitative estimate of drug-likeness (QED) is 0.736. The van der Waals surface area contributed by atoms with E-state index < -0.39 is 5.97 Å². The Morgan fingerprint density at radius 2 is 1.75 bits per heavy atom. The van der Waals surface area contributed by atoms with E-state index in [9.17, 15) is 14.7 Å². The van der Waals surface area contributed by atoms with E-state index in [1.54, 1.807) is 11.8 Å². The predicted octanol–water partition coefficient (Wildman–Crippen LogP) is 0.0137. The van der Waals surface area contributed by atoms with Gasteiger partial charge in [0.2, 0.25) is 5.91 Å². The van der Waals surface area contributed by atoms with Crippen LogP contribution in [0.3, 0.4) is 0 Å². The molecule has 1 aliphatic heterocycles. The molecule has 0 aromatic rings. The van der Waals surface area contributed by atoms with Crippen LogP contribution in [0.15, 0.2) is 0 Å². The number of piperazine rings is 1. The maximum Gasteiger partial charge on any atom is 0.321 e. The highest BCUT2D eigenvalue weighted by Gasteiger charge is 2.41. The number of hydrogen-bond donors (Lipinski definition) is 1. The second kappa shape index (κ2) is 4.41. The van der Waals surface area contributed by atoms with Crippen molar-refractivity contribution in [3.8, 4) is 0 Å². The fraction of sp³-hybridized carbons (Fsp3) is 0.818. The van der Waals surface area contributed by atoms with Crippen molar-refractivity contribution < 1.29 is 14.7 Å². The fourth-order valence-corrected chi connectivity index (χ4v) is 2.38. The van der Waals surface area contributed by atoms with Crippen LogP contribution in [0.2, 0.25) is 0 Å². The summed E-state index contributed by atoms with van der Waals surface area (Å²) < 4.78 is 0. The van der Waals surface area contributed by atoms with E-state index >= 15 is 0 Å². The summed E-state index contributed by atoms with van der Waals surface area (Å²) in [6.07, 6.45) is 2.06. The second-order valence-corrected chi connectivity index (χ2v) is 4.66. The summed E-state index contributed by atoms with van der Waals surface area (Å²) in [5.41, 5.74) is 0. The molecular weight excluding hydrogens is 208 g/mol. The summed E-state index contributed by atoms with van der Waals surface area (Å²) >= 11 is 0. The van der Waals surface area contributed by atoms with Crippen molar-refractivity contribution in [1.29, 1.82) is 0 Å². The van der Waals surface area contributed by atoms with Crippen molar-refractivity contribution >= 4 is 11.9 Å². The van der Waals surface area contributed by atoms with Crippen molar-refractivity contribution in [2.75, 3.05) is 26.2 Å². The minimum atomic E-state index is -0.709. The van der Waals surface area contributed by atoms with E-state index in [0.717, 1.165) is 12.8 Å². The predicted molar refractivity (Wildman–Crippen MR) is 58.0 cm³/mol. The molecule has 1 aliphatic carbocycles. The number of aliphatic carboxylic acids is 1. The van der Waals surface area contributed by atoms with Gasteiger partial charge < -0.3 is 10.0 Å². The molecule has 16 heavy (non-hydrogen) atoms. The molecule has 5 nitrogen and oxygen atoms in total. The number of carboxylic acid groups (broad SMARTS) is 1. The number of nitrogens with zero attached hydrogens (tertiary/aromatic N) is 2. The second-order valence-electron chi connectivity index (χ2n) is 4.66. The third-order valence-corrected chi connectivity index (χ3v) is 3.47. The maximum absolute atomic E-state index is 11.2. The van der Waals surface area contributed by atoms with Crippen LogP contribution in [0.1, 0.15) is 19.8 Å². The summed E-state index contributed by atoms with van der Waals surface area (Å²) in [5.74, 6) is -0.293. The van der Waals surface area contributed by atoms with E-state index in [1.165, 1.54) is 0 Å². The Morgan fingerprint density at radius 1 is 1.19 bits per heavy atom. The van der Waals surface area contributed by atoms with Gasteiger partial charge in [0, 0.05) is 33.1 Å². The first-order valence-corrected chi connectivity index (χ1v) is 5.82. The Labute approximate surface area is 95.0 Å². The third kappa shape index (κ3) is 2.35. The number of carboxylic acids is 1. The topological polar surface area (TPSA) is 60.9 Å². The van der Waals surface area contributed by atoms with Gasteiger partial charge in [-0.25, -0.2) is 0 Å². The molecule has 2 rings (SSSR count). The first-order chi connectivity index (χ1) is 7.59. The van der Waals surface area contributed by atoms with Crippen LogP contribution in [-0.4, -0.2) is 59.0 Å². The average molecular weight is 226 g/mol. The van der Waals surface area contributed by atoms with Gasteiger partial charge in [-0.3, -0.25) is 14.5 Å². The standard InChI is InChI=1S/C11H18N2O3/c1-8(14)12-4-6-13(7-5-12)10(11(15)16)9-2-3-9/h9-10H,2-7H2,1H3,(H,15,16). The van der Waals surface area contributed by atoms with Crippen molar-refractivity contribution in [3.05, 3.63) is 0 Å². The van der Waals surface area contributed by atoms with Crippen LogP contribution < -0.4 is 0 Å². The van der Waals surface area contributed by atoms with Gasteiger partial charge in [-0.1, -0.05) is 0 Å². The average Bonchev–Trinajstić information content (AvgIpc) is 3.02. The van der Waals surface area contributed by atoms with Gasteiger partial charge in [0.15, 0.2) is 0 Å². The Bertz CT molecular complexity index is 294. The summed E-state index contributed by atoms with van der Waals surface area (Å²) in [6.45, 7) is 4.25. The van der Waals surface area contributed by atoms with Gasteiger partial charge in [0.1, 0.15) is 6.04 Å². The maximum atomic E-state index is 11.2. The minimum absolute atomic E-state index is 0.0814. The van der Waals surface area contributed by atoms with Crippen molar-refractivity contribution in [1.82, 2.24) is 9.80 Å². The molecule has 2 fully saturated rings. The highest BCUT2D eigenvalue weighted by molar-refractivity contribution is 5.75. The molecule has 1 amide bonds. The molecule has 0 aromatic heterocycles. The molecule has 1 saturated heterocycles. The Hall–Kier alpha value is -1.10. The largest absolute Gasteiger partial charge is 0.480 e. The molecule has 0 bridgehead atoms. The monoisotopic (exact) mass is 226 g/mol. The van der Waals surface area contributed by atoms with Gasteiger partial charge >= 0.3 is 5.97 Å². The lowest BCUT2D eigenvalue weighted by Gasteiger charge is -2.37. The van der Waals surface area contributed by atoms with Gasteiger partial charge in [-0.15, -0.1) is 0 Å². The summed E-state index contributed by atoms with van der Waals surface area (Å²) in [4.78, 5) is 26.1. The van der Waals surface area contributed by atoms with Crippen molar-refractivity contribution in [2.45, 2.75) is 25.8 Å². The molecule has 0 aromatic carbocycles. The van der Waals surface area contributed by atoms with Crippen LogP contribution in [0.4, 0.5) is 0 Å². The van der Waals surface area contributed by atoms with E-state index in [2.05, 4.69) is 0 Å². The molecule has 5 heteroatoms. The molecule has 0 radical (unpaired) electrons. The van der Waals surface area contributed by atoms with E-state index in [-0.39, 0.29) is 11.9 Å². The Kier molecular flexibility index (Phi) is 3.14. The zero-order chi connectivity index (χ0) is 11.7. The van der Waals surface area contributed by atoms with Crippen molar-refractivity contribution in [2.24, 2.45) is 5.92 Å². The molecule has 1 heterocycles. The normalized spacial score (nSPS) is 24.2. The molecular formula is C11H18N2O3. The molecule has 1 saturated carbocycles. The third-order valence-electron chi connectivity index (χ3n) is 3.47. The number of carbonyl (C=O) groups excluding carboxylic acids is 1. The number of carbonyl (C=O) groups is 2. The van der Waals surface area contributed by atoms with Gasteiger partial charge in [0.25, 0.3) is 0 Å². The summed E-state index contributed by atoms with van der Waals surface area (Å²) in [5, 5.41) is 9.19. The molecule has 1 atom stereocenters. The van der Waals surface area contributed by atoms with Crippen LogP contribution in [0.5, 0.6) is 0 Å². The van der Waals surface area contributed by atoms with E-state index in [0.29, 0.717) is 32.1 Å². The lowest BCUT2D eigenvalue weighted by molar-refractivity contribution is -0.145. The lowest BCUT2D eigenvalue weighted by atomic mass is 10.1. The Morgan fingerprint density at radius 3 is 2.12 bits per heavy atom. The fourth-order valence-electron chi connectivity index (χ4n) is 2.38. The van der Waals surface area contributed by atoms with Gasteiger partial charge in [0.05, 0.1) is 0 Å². The first kappa shape index (κ1) is 11.4. The van der Waals surface area contributed by atoms with Crippen LogP contribution in [0.25, 0.3) is 0 Å². The van der Waals surface area contributed by atoms with Crippen molar-refractivity contribution in [3.63, 3.8) is 0 Å². The molecule has 2 aliphatic rings. The molecule has 1 unspecified atom stereocenters. The summed E-state index contributed by atoms with van der Waals surface area (Å²) in [6, 6.07) is -0.325. The number of rotatable bonds is 3. The minimum Gasteiger partial charge on any atom is -0.480 e. The summed E-state index contributed by atoms with van der Waals surface area (Å²) in [7, 11) is 0. The molecule has 0 spiro atoms. The zero-order valence-electron chi connectivity index (χ0n) is 9.56. The SMILES string of the molecule is CC(=O)N1CCN(C(C(=O)O)C2CC2)CC1. The van der Waals surface area contributed by atoms with Crippen LogP contribution in [0, 0.1) is 5.92 Å². The molecule has 1 N–H and O–H groups in total. The number of amides is 1. The Balaban J connectivity index is 1.91. The van der Waals surface area contributed by atoms with E-state index in [4.69, 9.17) is 0 Å². The van der Waals surface area contributed by atoms with Gasteiger partial charge in [-0.05, 0) is 18.8 Å². The molecule has 90 valence electrons. The highest BCUT2D eigenvalue weighted by Crippen LogP contribution is 2.35. The number of hydrogen-bond acceptors (Lipinski definition) is 3.